The molecule has 2 rings (SSSR count). The van der Waals surface area contributed by atoms with Gasteiger partial charge >= 0.3 is 0 Å². The molecule has 0 radical (unpaired) electrons. The van der Waals surface area contributed by atoms with E-state index < -0.39 is 0 Å². The first-order valence-electron chi connectivity index (χ1n) is 10.9. The lowest BCUT2D eigenvalue weighted by atomic mass is 9.83. The molecule has 0 spiro atoms. The molecule has 160 valence electrons. The molecule has 1 saturated heterocycles. The van der Waals surface area contributed by atoms with Crippen molar-refractivity contribution in [3.8, 4) is 0 Å². The van der Waals surface area contributed by atoms with Gasteiger partial charge in [0.05, 0.1) is 0 Å². The zero-order valence-electron chi connectivity index (χ0n) is 18.4. The van der Waals surface area contributed by atoms with Gasteiger partial charge in [0.2, 0.25) is 0 Å². The zero-order chi connectivity index (χ0) is 18.9. The highest BCUT2D eigenvalue weighted by Gasteiger charge is 2.21. The van der Waals surface area contributed by atoms with E-state index in [1.165, 1.54) is 65.0 Å². The number of hydrogen-bond donors (Lipinski definition) is 1. The molecule has 1 unspecified atom stereocenters. The number of rotatable bonds is 7. The fraction of sp³-hybridized carbons (Fsp3) is 0.952. The quantitative estimate of drug-likeness (QED) is 0.336. The molecule has 0 aromatic rings. The van der Waals surface area contributed by atoms with Crippen LogP contribution in [-0.2, 0) is 0 Å². The third-order valence-electron chi connectivity index (χ3n) is 6.33. The summed E-state index contributed by atoms with van der Waals surface area (Å²) in [6, 6.07) is 0. The van der Waals surface area contributed by atoms with Gasteiger partial charge in [-0.2, -0.15) is 0 Å². The van der Waals surface area contributed by atoms with Crippen molar-refractivity contribution in [3.63, 3.8) is 0 Å². The summed E-state index contributed by atoms with van der Waals surface area (Å²) in [5.74, 6) is 3.46. The van der Waals surface area contributed by atoms with Crippen LogP contribution in [0.4, 0.5) is 0 Å². The van der Waals surface area contributed by atoms with Gasteiger partial charge in [-0.25, -0.2) is 0 Å². The van der Waals surface area contributed by atoms with Gasteiger partial charge in [-0.15, -0.1) is 24.0 Å². The van der Waals surface area contributed by atoms with Crippen molar-refractivity contribution in [2.45, 2.75) is 46.5 Å². The number of nitrogens with zero attached hydrogens (tertiary/aromatic N) is 4. The molecule has 1 aliphatic carbocycles. The largest absolute Gasteiger partial charge is 0.356 e. The van der Waals surface area contributed by atoms with Crippen LogP contribution in [0.3, 0.4) is 0 Å². The van der Waals surface area contributed by atoms with E-state index in [2.05, 4.69) is 52.8 Å². The number of hydrogen-bond acceptors (Lipinski definition) is 3. The summed E-state index contributed by atoms with van der Waals surface area (Å²) in [5, 5.41) is 3.62. The molecule has 2 aliphatic rings. The van der Waals surface area contributed by atoms with Crippen LogP contribution >= 0.6 is 24.0 Å². The predicted octanol–water partition coefficient (Wildman–Crippen LogP) is 3.21. The van der Waals surface area contributed by atoms with Gasteiger partial charge in [-0.3, -0.25) is 4.99 Å². The molecule has 1 aliphatic heterocycles. The molecule has 0 aromatic carbocycles. The maximum atomic E-state index is 4.52. The van der Waals surface area contributed by atoms with Crippen molar-refractivity contribution in [3.05, 3.63) is 0 Å². The van der Waals surface area contributed by atoms with Crippen LogP contribution in [0.2, 0.25) is 0 Å². The first kappa shape index (κ1) is 25.0. The van der Waals surface area contributed by atoms with Gasteiger partial charge in [0.25, 0.3) is 0 Å². The molecule has 1 N–H and O–H groups in total. The van der Waals surface area contributed by atoms with Crippen molar-refractivity contribution in [1.82, 2.24) is 20.0 Å². The molecular formula is C21H44IN5. The molecule has 6 heteroatoms. The molecule has 2 fully saturated rings. The Morgan fingerprint density at radius 3 is 2.26 bits per heavy atom. The lowest BCUT2D eigenvalue weighted by molar-refractivity contribution is 0.124. The van der Waals surface area contributed by atoms with Gasteiger partial charge in [-0.1, -0.05) is 33.6 Å². The number of piperazine rings is 1. The van der Waals surface area contributed by atoms with Gasteiger partial charge < -0.3 is 20.0 Å². The second-order valence-electron chi connectivity index (χ2n) is 8.77. The third-order valence-corrected chi connectivity index (χ3v) is 6.33. The van der Waals surface area contributed by atoms with E-state index in [0.29, 0.717) is 5.92 Å². The standard InChI is InChI=1S/C21H43N5.HI/c1-6-25-11-13-26(14-12-25)16-19(3)15-23-21(22-4)24(5)17-20-9-7-18(2)8-10-20;/h18-20H,6-17H2,1-5H3,(H,22,23);1H. The Labute approximate surface area is 185 Å². The molecule has 1 heterocycles. The maximum absolute atomic E-state index is 4.52. The number of nitrogens with one attached hydrogen (secondary N) is 1. The maximum Gasteiger partial charge on any atom is 0.193 e. The SMILES string of the molecule is CCN1CCN(CC(C)CNC(=NC)N(C)CC2CCC(C)CC2)CC1.I. The van der Waals surface area contributed by atoms with Crippen molar-refractivity contribution < 1.29 is 0 Å². The molecule has 0 aromatic heterocycles. The highest BCUT2D eigenvalue weighted by atomic mass is 127. The van der Waals surface area contributed by atoms with Crippen molar-refractivity contribution in [2.24, 2.45) is 22.7 Å². The number of halogens is 1. The Morgan fingerprint density at radius 1 is 1.11 bits per heavy atom. The van der Waals surface area contributed by atoms with Crippen LogP contribution in [0.25, 0.3) is 0 Å². The van der Waals surface area contributed by atoms with E-state index in [9.17, 15) is 0 Å². The molecular weight excluding hydrogens is 449 g/mol. The number of likely N-dealkylation sites (N-methyl/N-ethyl adjacent to an activating group) is 1. The lowest BCUT2D eigenvalue weighted by Crippen LogP contribution is -2.49. The van der Waals surface area contributed by atoms with Crippen molar-refractivity contribution in [1.29, 1.82) is 0 Å². The molecule has 27 heavy (non-hydrogen) atoms. The summed E-state index contributed by atoms with van der Waals surface area (Å²) in [6.45, 7) is 16.4. The van der Waals surface area contributed by atoms with E-state index in [4.69, 9.17) is 0 Å². The molecule has 0 amide bonds. The second kappa shape index (κ2) is 13.2. The first-order valence-corrected chi connectivity index (χ1v) is 10.9. The van der Waals surface area contributed by atoms with E-state index in [-0.39, 0.29) is 24.0 Å². The minimum absolute atomic E-state index is 0. The average Bonchev–Trinajstić information content (AvgIpc) is 2.64. The first-order chi connectivity index (χ1) is 12.5. The summed E-state index contributed by atoms with van der Waals surface area (Å²) >= 11 is 0. The Balaban J connectivity index is 0.00000364. The Bertz CT molecular complexity index is 415. The average molecular weight is 494 g/mol. The Kier molecular flexibility index (Phi) is 12.2. The Hall–Kier alpha value is -0.0800. The summed E-state index contributed by atoms with van der Waals surface area (Å²) in [6.07, 6.45) is 5.55. The van der Waals surface area contributed by atoms with Crippen LogP contribution in [-0.4, -0.2) is 87.1 Å². The highest BCUT2D eigenvalue weighted by Crippen LogP contribution is 2.28. The smallest absolute Gasteiger partial charge is 0.193 e. The topological polar surface area (TPSA) is 34.1 Å². The summed E-state index contributed by atoms with van der Waals surface area (Å²) in [7, 11) is 4.11. The lowest BCUT2D eigenvalue weighted by Gasteiger charge is -2.35. The Morgan fingerprint density at radius 2 is 1.70 bits per heavy atom. The minimum Gasteiger partial charge on any atom is -0.356 e. The fourth-order valence-electron chi connectivity index (χ4n) is 4.43. The van der Waals surface area contributed by atoms with E-state index >= 15 is 0 Å². The molecule has 1 saturated carbocycles. The number of aliphatic imine (C=N–C) groups is 1. The van der Waals surface area contributed by atoms with Crippen LogP contribution < -0.4 is 5.32 Å². The van der Waals surface area contributed by atoms with Crippen molar-refractivity contribution >= 4 is 29.9 Å². The van der Waals surface area contributed by atoms with Crippen LogP contribution in [0, 0.1) is 17.8 Å². The summed E-state index contributed by atoms with van der Waals surface area (Å²) in [5.41, 5.74) is 0. The molecule has 0 bridgehead atoms. The van der Waals surface area contributed by atoms with Crippen LogP contribution in [0.15, 0.2) is 4.99 Å². The van der Waals surface area contributed by atoms with Gasteiger partial charge in [0, 0.05) is 59.9 Å². The summed E-state index contributed by atoms with van der Waals surface area (Å²) < 4.78 is 0. The minimum atomic E-state index is 0. The number of guanidine groups is 1. The summed E-state index contributed by atoms with van der Waals surface area (Å²) in [4.78, 5) is 12.0. The van der Waals surface area contributed by atoms with Crippen LogP contribution in [0.1, 0.15) is 46.5 Å². The van der Waals surface area contributed by atoms with Gasteiger partial charge in [0.15, 0.2) is 5.96 Å². The fourth-order valence-corrected chi connectivity index (χ4v) is 4.43. The van der Waals surface area contributed by atoms with E-state index in [1.807, 2.05) is 7.05 Å². The molecule has 5 nitrogen and oxygen atoms in total. The monoisotopic (exact) mass is 493 g/mol. The van der Waals surface area contributed by atoms with Gasteiger partial charge in [0.1, 0.15) is 0 Å². The van der Waals surface area contributed by atoms with E-state index in [1.54, 1.807) is 0 Å². The highest BCUT2D eigenvalue weighted by molar-refractivity contribution is 14.0. The normalized spacial score (nSPS) is 26.3. The van der Waals surface area contributed by atoms with Crippen molar-refractivity contribution in [2.75, 3.05) is 66.5 Å². The second-order valence-corrected chi connectivity index (χ2v) is 8.77. The van der Waals surface area contributed by atoms with E-state index in [0.717, 1.165) is 30.9 Å². The molecule has 1 atom stereocenters. The third kappa shape index (κ3) is 8.86. The zero-order valence-corrected chi connectivity index (χ0v) is 20.7. The predicted molar refractivity (Wildman–Crippen MR) is 128 cm³/mol. The van der Waals surface area contributed by atoms with Gasteiger partial charge in [-0.05, 0) is 37.1 Å². The van der Waals surface area contributed by atoms with Crippen LogP contribution in [0.5, 0.6) is 0 Å².